The summed E-state index contributed by atoms with van der Waals surface area (Å²) in [4.78, 5) is 4.37. The predicted molar refractivity (Wildman–Crippen MR) is 52.3 cm³/mol. The van der Waals surface area contributed by atoms with Crippen LogP contribution in [0, 0.1) is 5.92 Å². The topological polar surface area (TPSA) is 29.9 Å². The molecule has 1 aliphatic heterocycles. The minimum atomic E-state index is 0.462. The molecule has 0 spiro atoms. The number of imidazole rings is 1. The zero-order valence-corrected chi connectivity index (χ0v) is 8.33. The molecule has 1 aromatic heterocycles. The van der Waals surface area contributed by atoms with Gasteiger partial charge in [0.15, 0.2) is 0 Å². The van der Waals surface area contributed by atoms with E-state index in [9.17, 15) is 0 Å². The van der Waals surface area contributed by atoms with Gasteiger partial charge < -0.3 is 9.88 Å². The van der Waals surface area contributed by atoms with E-state index in [4.69, 9.17) is 0 Å². The Morgan fingerprint density at radius 2 is 2.46 bits per heavy atom. The molecule has 0 radical (unpaired) electrons. The summed E-state index contributed by atoms with van der Waals surface area (Å²) in [5, 5.41) is 3.51. The molecule has 1 saturated heterocycles. The van der Waals surface area contributed by atoms with E-state index in [2.05, 4.69) is 28.8 Å². The average Bonchev–Trinajstić information content (AvgIpc) is 2.51. The molecule has 3 nitrogen and oxygen atoms in total. The monoisotopic (exact) mass is 179 g/mol. The first-order chi connectivity index (χ1) is 6.27. The Bertz CT molecular complexity index is 279. The number of rotatable bonds is 1. The normalized spacial score (nSPS) is 29.1. The Kier molecular flexibility index (Phi) is 2.36. The number of aromatic nitrogens is 2. The van der Waals surface area contributed by atoms with Crippen LogP contribution in [0.5, 0.6) is 0 Å². The second-order valence-electron chi connectivity index (χ2n) is 4.03. The van der Waals surface area contributed by atoms with E-state index in [0.717, 1.165) is 12.5 Å². The van der Waals surface area contributed by atoms with E-state index in [-0.39, 0.29) is 0 Å². The van der Waals surface area contributed by atoms with E-state index in [1.165, 1.54) is 18.7 Å². The van der Waals surface area contributed by atoms with Gasteiger partial charge in [0.25, 0.3) is 0 Å². The van der Waals surface area contributed by atoms with Gasteiger partial charge in [-0.15, -0.1) is 0 Å². The van der Waals surface area contributed by atoms with Gasteiger partial charge in [-0.2, -0.15) is 0 Å². The summed E-state index contributed by atoms with van der Waals surface area (Å²) >= 11 is 0. The molecule has 0 aromatic carbocycles. The Morgan fingerprint density at radius 3 is 3.08 bits per heavy atom. The molecule has 1 N–H and O–H groups in total. The second kappa shape index (κ2) is 3.50. The highest BCUT2D eigenvalue weighted by atomic mass is 15.1. The fourth-order valence-electron chi connectivity index (χ4n) is 2.02. The highest BCUT2D eigenvalue weighted by Gasteiger charge is 2.22. The standard InChI is InChI=1S/C10H17N3/c1-8-3-4-11-9(7-8)10-12-5-6-13(10)2/h5-6,8-9,11H,3-4,7H2,1-2H3. The van der Waals surface area contributed by atoms with Crippen LogP contribution in [-0.2, 0) is 7.05 Å². The third kappa shape index (κ3) is 1.75. The van der Waals surface area contributed by atoms with Gasteiger partial charge in [0, 0.05) is 19.4 Å². The zero-order chi connectivity index (χ0) is 9.26. The van der Waals surface area contributed by atoms with Crippen molar-refractivity contribution < 1.29 is 0 Å². The molecule has 1 fully saturated rings. The van der Waals surface area contributed by atoms with Crippen LogP contribution in [0.25, 0.3) is 0 Å². The molecule has 1 aromatic rings. The molecular weight excluding hydrogens is 162 g/mol. The SMILES string of the molecule is CC1CCNC(c2nccn2C)C1. The molecule has 0 saturated carbocycles. The quantitative estimate of drug-likeness (QED) is 0.707. The molecule has 2 rings (SSSR count). The molecule has 2 heterocycles. The molecule has 2 unspecified atom stereocenters. The van der Waals surface area contributed by atoms with Crippen molar-refractivity contribution in [3.8, 4) is 0 Å². The molecule has 1 aliphatic rings. The smallest absolute Gasteiger partial charge is 0.125 e. The average molecular weight is 179 g/mol. The van der Waals surface area contributed by atoms with E-state index >= 15 is 0 Å². The number of hydrogen-bond donors (Lipinski definition) is 1. The zero-order valence-electron chi connectivity index (χ0n) is 8.33. The van der Waals surface area contributed by atoms with Crippen molar-refractivity contribution in [2.24, 2.45) is 13.0 Å². The van der Waals surface area contributed by atoms with Crippen LogP contribution in [0.15, 0.2) is 12.4 Å². The lowest BCUT2D eigenvalue weighted by Crippen LogP contribution is -2.32. The lowest BCUT2D eigenvalue weighted by Gasteiger charge is -2.27. The summed E-state index contributed by atoms with van der Waals surface area (Å²) in [6.45, 7) is 3.44. The Labute approximate surface area is 79.2 Å². The fourth-order valence-corrected chi connectivity index (χ4v) is 2.02. The third-order valence-electron chi connectivity index (χ3n) is 2.84. The van der Waals surface area contributed by atoms with Crippen LogP contribution >= 0.6 is 0 Å². The van der Waals surface area contributed by atoms with Gasteiger partial charge in [0.2, 0.25) is 0 Å². The van der Waals surface area contributed by atoms with Crippen LogP contribution in [0.4, 0.5) is 0 Å². The predicted octanol–water partition coefficient (Wildman–Crippen LogP) is 1.48. The van der Waals surface area contributed by atoms with Gasteiger partial charge in [0.05, 0.1) is 6.04 Å². The largest absolute Gasteiger partial charge is 0.337 e. The number of hydrogen-bond acceptors (Lipinski definition) is 2. The first-order valence-electron chi connectivity index (χ1n) is 4.98. The van der Waals surface area contributed by atoms with Crippen molar-refractivity contribution in [1.29, 1.82) is 0 Å². The highest BCUT2D eigenvalue weighted by molar-refractivity contribution is 5.00. The van der Waals surface area contributed by atoms with Crippen LogP contribution in [-0.4, -0.2) is 16.1 Å². The molecule has 0 aliphatic carbocycles. The number of nitrogens with zero attached hydrogens (tertiary/aromatic N) is 2. The van der Waals surface area contributed by atoms with Crippen LogP contribution in [0.2, 0.25) is 0 Å². The van der Waals surface area contributed by atoms with E-state index in [1.54, 1.807) is 0 Å². The minimum absolute atomic E-state index is 0.462. The van der Waals surface area contributed by atoms with E-state index in [1.807, 2.05) is 12.4 Å². The van der Waals surface area contributed by atoms with Gasteiger partial charge in [0.1, 0.15) is 5.82 Å². The molecular formula is C10H17N3. The van der Waals surface area contributed by atoms with Crippen LogP contribution < -0.4 is 5.32 Å². The molecule has 2 atom stereocenters. The number of piperidine rings is 1. The van der Waals surface area contributed by atoms with Gasteiger partial charge >= 0.3 is 0 Å². The molecule has 13 heavy (non-hydrogen) atoms. The fraction of sp³-hybridized carbons (Fsp3) is 0.700. The summed E-state index contributed by atoms with van der Waals surface area (Å²) in [6, 6.07) is 0.462. The summed E-state index contributed by atoms with van der Waals surface area (Å²) in [5.41, 5.74) is 0. The van der Waals surface area contributed by atoms with E-state index < -0.39 is 0 Å². The molecule has 0 amide bonds. The maximum absolute atomic E-state index is 4.37. The molecule has 72 valence electrons. The van der Waals surface area contributed by atoms with Gasteiger partial charge in [-0.25, -0.2) is 4.98 Å². The van der Waals surface area contributed by atoms with Crippen molar-refractivity contribution in [2.45, 2.75) is 25.8 Å². The van der Waals surface area contributed by atoms with Gasteiger partial charge in [-0.1, -0.05) is 6.92 Å². The third-order valence-corrected chi connectivity index (χ3v) is 2.84. The van der Waals surface area contributed by atoms with Gasteiger partial charge in [-0.3, -0.25) is 0 Å². The van der Waals surface area contributed by atoms with Crippen LogP contribution in [0.1, 0.15) is 31.6 Å². The van der Waals surface area contributed by atoms with Gasteiger partial charge in [-0.05, 0) is 25.3 Å². The highest BCUT2D eigenvalue weighted by Crippen LogP contribution is 2.25. The first-order valence-corrected chi connectivity index (χ1v) is 4.98. The first kappa shape index (κ1) is 8.75. The number of aryl methyl sites for hydroxylation is 1. The van der Waals surface area contributed by atoms with Crippen molar-refractivity contribution >= 4 is 0 Å². The summed E-state index contributed by atoms with van der Waals surface area (Å²) in [5.74, 6) is 1.99. The molecule has 3 heteroatoms. The maximum Gasteiger partial charge on any atom is 0.125 e. The molecule has 0 bridgehead atoms. The van der Waals surface area contributed by atoms with E-state index in [0.29, 0.717) is 6.04 Å². The Balaban J connectivity index is 2.12. The lowest BCUT2D eigenvalue weighted by molar-refractivity contribution is 0.312. The van der Waals surface area contributed by atoms with Crippen molar-refractivity contribution in [3.05, 3.63) is 18.2 Å². The van der Waals surface area contributed by atoms with Crippen molar-refractivity contribution in [2.75, 3.05) is 6.54 Å². The maximum atomic E-state index is 4.37. The summed E-state index contributed by atoms with van der Waals surface area (Å²) < 4.78 is 2.11. The Hall–Kier alpha value is -0.830. The Morgan fingerprint density at radius 1 is 1.62 bits per heavy atom. The second-order valence-corrected chi connectivity index (χ2v) is 4.03. The van der Waals surface area contributed by atoms with Crippen molar-refractivity contribution in [1.82, 2.24) is 14.9 Å². The number of nitrogens with one attached hydrogen (secondary N) is 1. The summed E-state index contributed by atoms with van der Waals surface area (Å²) in [7, 11) is 2.06. The lowest BCUT2D eigenvalue weighted by atomic mass is 9.94. The minimum Gasteiger partial charge on any atom is -0.337 e. The van der Waals surface area contributed by atoms with Crippen LogP contribution in [0.3, 0.4) is 0 Å². The summed E-state index contributed by atoms with van der Waals surface area (Å²) in [6.07, 6.45) is 6.39. The van der Waals surface area contributed by atoms with Crippen molar-refractivity contribution in [3.63, 3.8) is 0 Å².